The zero-order valence-electron chi connectivity index (χ0n) is 13.6. The molecule has 1 aliphatic rings. The minimum atomic E-state index is -0.0803. The molecule has 0 radical (unpaired) electrons. The maximum atomic E-state index is 12.2. The van der Waals surface area contributed by atoms with Crippen molar-refractivity contribution < 1.29 is 0 Å². The summed E-state index contributed by atoms with van der Waals surface area (Å²) in [5, 5.41) is 4.16. The van der Waals surface area contributed by atoms with E-state index in [2.05, 4.69) is 17.2 Å². The lowest BCUT2D eigenvalue weighted by Gasteiger charge is -2.20. The summed E-state index contributed by atoms with van der Waals surface area (Å²) in [7, 11) is 0. The highest BCUT2D eigenvalue weighted by atomic mass is 35.5. The van der Waals surface area contributed by atoms with Crippen LogP contribution in [0.3, 0.4) is 0 Å². The first kappa shape index (κ1) is 16.5. The van der Waals surface area contributed by atoms with Gasteiger partial charge in [-0.25, -0.2) is 4.98 Å². The van der Waals surface area contributed by atoms with Crippen LogP contribution in [0.4, 0.5) is 0 Å². The Kier molecular flexibility index (Phi) is 5.34. The maximum Gasteiger partial charge on any atom is 0.258 e. The lowest BCUT2D eigenvalue weighted by atomic mass is 9.97. The highest BCUT2D eigenvalue weighted by Gasteiger charge is 2.26. The third-order valence-electron chi connectivity index (χ3n) is 4.81. The van der Waals surface area contributed by atoms with E-state index < -0.39 is 0 Å². The average molecular weight is 334 g/mol. The predicted molar refractivity (Wildman–Crippen MR) is 94.0 cm³/mol. The molecule has 1 fully saturated rings. The molecule has 0 aromatic carbocycles. The molecule has 0 aliphatic heterocycles. The number of hydrogen-bond acceptors (Lipinski definition) is 3. The number of unbranched alkanes of at least 4 members (excludes halogenated alkanes) is 1. The number of halogens is 1. The molecule has 0 amide bonds. The molecule has 2 heterocycles. The van der Waals surface area contributed by atoms with Gasteiger partial charge < -0.3 is 5.32 Å². The molecule has 5 heteroatoms. The van der Waals surface area contributed by atoms with Crippen LogP contribution in [-0.4, -0.2) is 15.4 Å². The van der Waals surface area contributed by atoms with Crippen molar-refractivity contribution in [2.45, 2.75) is 58.0 Å². The Morgan fingerprint density at radius 3 is 3.09 bits per heavy atom. The van der Waals surface area contributed by atoms with Crippen LogP contribution in [0, 0.1) is 5.92 Å². The Morgan fingerprint density at radius 1 is 1.39 bits per heavy atom. The van der Waals surface area contributed by atoms with Gasteiger partial charge in [-0.3, -0.25) is 9.20 Å². The summed E-state index contributed by atoms with van der Waals surface area (Å²) in [4.78, 5) is 16.8. The molecule has 23 heavy (non-hydrogen) atoms. The van der Waals surface area contributed by atoms with Crippen molar-refractivity contribution in [3.8, 4) is 0 Å². The van der Waals surface area contributed by atoms with Crippen molar-refractivity contribution >= 4 is 17.2 Å². The monoisotopic (exact) mass is 333 g/mol. The molecule has 2 atom stereocenters. The second kappa shape index (κ2) is 7.45. The van der Waals surface area contributed by atoms with Gasteiger partial charge in [0.25, 0.3) is 5.56 Å². The van der Waals surface area contributed by atoms with E-state index in [1.165, 1.54) is 42.9 Å². The number of aromatic nitrogens is 2. The fourth-order valence-corrected chi connectivity index (χ4v) is 3.73. The molecule has 2 aromatic heterocycles. The summed E-state index contributed by atoms with van der Waals surface area (Å²) in [6.07, 6.45) is 9.34. The first-order chi connectivity index (χ1) is 11.2. The van der Waals surface area contributed by atoms with E-state index in [0.717, 1.165) is 11.6 Å². The van der Waals surface area contributed by atoms with Gasteiger partial charge in [-0.05, 0) is 37.3 Å². The molecular weight excluding hydrogens is 310 g/mol. The van der Waals surface area contributed by atoms with Gasteiger partial charge in [-0.2, -0.15) is 0 Å². The summed E-state index contributed by atoms with van der Waals surface area (Å²) in [5.74, 6) is 0.773. The maximum absolute atomic E-state index is 12.2. The van der Waals surface area contributed by atoms with Crippen molar-refractivity contribution in [2.75, 3.05) is 0 Å². The number of hydrogen-bond donors (Lipinski definition) is 1. The Labute approximate surface area is 141 Å². The topological polar surface area (TPSA) is 46.4 Å². The number of nitrogens with one attached hydrogen (secondary N) is 1. The molecule has 3 rings (SSSR count). The van der Waals surface area contributed by atoms with Crippen molar-refractivity contribution in [1.82, 2.24) is 14.7 Å². The van der Waals surface area contributed by atoms with Crippen LogP contribution in [0.25, 0.3) is 5.65 Å². The Balaban J connectivity index is 1.69. The molecule has 0 spiro atoms. The third-order valence-corrected chi connectivity index (χ3v) is 5.03. The summed E-state index contributed by atoms with van der Waals surface area (Å²) in [6, 6.07) is 5.71. The Morgan fingerprint density at radius 2 is 2.26 bits per heavy atom. The summed E-state index contributed by atoms with van der Waals surface area (Å²) in [5.41, 5.74) is 1.37. The molecular formula is C18H24ClN3O. The Hall–Kier alpha value is -1.39. The van der Waals surface area contributed by atoms with Gasteiger partial charge in [0.1, 0.15) is 5.65 Å². The van der Waals surface area contributed by atoms with E-state index in [-0.39, 0.29) is 5.56 Å². The zero-order valence-corrected chi connectivity index (χ0v) is 14.4. The predicted octanol–water partition coefficient (Wildman–Crippen LogP) is 3.80. The zero-order chi connectivity index (χ0) is 16.2. The first-order valence-corrected chi connectivity index (χ1v) is 8.96. The van der Waals surface area contributed by atoms with Crippen LogP contribution in [0.5, 0.6) is 0 Å². The molecule has 124 valence electrons. The molecule has 1 saturated carbocycles. The highest BCUT2D eigenvalue weighted by molar-refractivity contribution is 6.30. The number of rotatable bonds is 6. The summed E-state index contributed by atoms with van der Waals surface area (Å²) < 4.78 is 1.49. The van der Waals surface area contributed by atoms with Gasteiger partial charge >= 0.3 is 0 Å². The second-order valence-corrected chi connectivity index (χ2v) is 6.92. The van der Waals surface area contributed by atoms with Crippen LogP contribution < -0.4 is 10.9 Å². The van der Waals surface area contributed by atoms with Gasteiger partial charge in [0.2, 0.25) is 0 Å². The van der Waals surface area contributed by atoms with Crippen molar-refractivity contribution in [3.05, 3.63) is 45.5 Å². The molecule has 0 unspecified atom stereocenters. The lowest BCUT2D eigenvalue weighted by Crippen LogP contribution is -2.32. The lowest BCUT2D eigenvalue weighted by molar-refractivity contribution is 0.367. The van der Waals surface area contributed by atoms with Gasteiger partial charge in [0, 0.05) is 24.8 Å². The molecule has 1 N–H and O–H groups in total. The molecule has 2 aromatic rings. The van der Waals surface area contributed by atoms with Gasteiger partial charge in [0.15, 0.2) is 0 Å². The van der Waals surface area contributed by atoms with Gasteiger partial charge in [-0.1, -0.05) is 37.8 Å². The van der Waals surface area contributed by atoms with Crippen LogP contribution in [0.15, 0.2) is 29.2 Å². The van der Waals surface area contributed by atoms with E-state index in [1.54, 1.807) is 24.4 Å². The van der Waals surface area contributed by atoms with Crippen LogP contribution in [-0.2, 0) is 6.54 Å². The number of fused-ring (bicyclic) bond motifs is 1. The molecule has 1 aliphatic carbocycles. The van der Waals surface area contributed by atoms with Crippen LogP contribution in [0.1, 0.15) is 51.1 Å². The largest absolute Gasteiger partial charge is 0.308 e. The van der Waals surface area contributed by atoms with Gasteiger partial charge in [-0.15, -0.1) is 0 Å². The Bertz CT molecular complexity index is 728. The SMILES string of the molecule is CCCC[C@H]1CCC[C@@H]1NCc1cc(=O)n2cc(Cl)ccc2n1. The van der Waals surface area contributed by atoms with Crippen molar-refractivity contribution in [3.63, 3.8) is 0 Å². The van der Waals surface area contributed by atoms with E-state index in [0.29, 0.717) is 23.3 Å². The van der Waals surface area contributed by atoms with Crippen LogP contribution >= 0.6 is 11.6 Å². The molecule has 0 saturated heterocycles. The minimum Gasteiger partial charge on any atom is -0.308 e. The normalized spacial score (nSPS) is 21.1. The quantitative estimate of drug-likeness (QED) is 0.874. The van der Waals surface area contributed by atoms with E-state index in [9.17, 15) is 4.79 Å². The second-order valence-electron chi connectivity index (χ2n) is 6.48. The average Bonchev–Trinajstić information content (AvgIpc) is 2.99. The van der Waals surface area contributed by atoms with Crippen LogP contribution in [0.2, 0.25) is 5.02 Å². The standard InChI is InChI=1S/C18H24ClN3O/c1-2-3-5-13-6-4-7-16(13)20-11-15-10-18(23)22-12-14(19)8-9-17(22)21-15/h8-10,12-13,16,20H,2-7,11H2,1H3/t13-,16-/m0/s1. The van der Waals surface area contributed by atoms with E-state index >= 15 is 0 Å². The van der Waals surface area contributed by atoms with Crippen molar-refractivity contribution in [2.24, 2.45) is 5.92 Å². The minimum absolute atomic E-state index is 0.0803. The van der Waals surface area contributed by atoms with E-state index in [4.69, 9.17) is 11.6 Å². The fourth-order valence-electron chi connectivity index (χ4n) is 3.57. The number of nitrogens with zero attached hydrogens (tertiary/aromatic N) is 2. The number of pyridine rings is 1. The summed E-state index contributed by atoms with van der Waals surface area (Å²) in [6.45, 7) is 2.90. The third kappa shape index (κ3) is 3.93. The fraction of sp³-hybridized carbons (Fsp3) is 0.556. The highest BCUT2D eigenvalue weighted by Crippen LogP contribution is 2.30. The van der Waals surface area contributed by atoms with E-state index in [1.807, 2.05) is 0 Å². The van der Waals surface area contributed by atoms with Gasteiger partial charge in [0.05, 0.1) is 10.7 Å². The van der Waals surface area contributed by atoms with Crippen molar-refractivity contribution in [1.29, 1.82) is 0 Å². The molecule has 4 nitrogen and oxygen atoms in total. The molecule has 0 bridgehead atoms. The smallest absolute Gasteiger partial charge is 0.258 e. The first-order valence-electron chi connectivity index (χ1n) is 8.58. The summed E-state index contributed by atoms with van der Waals surface area (Å²) >= 11 is 5.94.